The number of nitrogens with zero attached hydrogens (tertiary/aromatic N) is 1. The molecule has 1 aliphatic heterocycles. The molecule has 0 radical (unpaired) electrons. The fourth-order valence-corrected chi connectivity index (χ4v) is 2.54. The molecule has 1 rings (SSSR count). The Morgan fingerprint density at radius 3 is 2.19 bits per heavy atom. The van der Waals surface area contributed by atoms with Crippen molar-refractivity contribution in [3.8, 4) is 0 Å². The second-order valence-electron chi connectivity index (χ2n) is 5.57. The lowest BCUT2D eigenvalue weighted by Crippen LogP contribution is -2.36. The Kier molecular flexibility index (Phi) is 7.39. The highest BCUT2D eigenvalue weighted by atomic mass is 16.5. The van der Waals surface area contributed by atoms with E-state index in [9.17, 15) is 19.8 Å². The van der Waals surface area contributed by atoms with Crippen LogP contribution in [0.4, 0.5) is 0 Å². The Labute approximate surface area is 125 Å². The first kappa shape index (κ1) is 17.7. The average molecular weight is 299 g/mol. The number of hydrogen-bond donors (Lipinski definition) is 2. The van der Waals surface area contributed by atoms with E-state index in [1.807, 2.05) is 0 Å². The molecule has 0 amide bonds. The van der Waals surface area contributed by atoms with E-state index in [4.69, 9.17) is 4.74 Å². The van der Waals surface area contributed by atoms with Crippen LogP contribution < -0.4 is 0 Å². The zero-order chi connectivity index (χ0) is 15.8. The number of aliphatic carboxylic acids is 2. The molecule has 1 fully saturated rings. The topological polar surface area (TPSA) is 87.1 Å². The Morgan fingerprint density at radius 2 is 1.71 bits per heavy atom. The molecule has 0 bridgehead atoms. The predicted molar refractivity (Wildman–Crippen MR) is 78.2 cm³/mol. The minimum absolute atomic E-state index is 0.0221. The van der Waals surface area contributed by atoms with Gasteiger partial charge in [-0.2, -0.15) is 0 Å². The third kappa shape index (κ3) is 5.85. The van der Waals surface area contributed by atoms with Gasteiger partial charge in [0.05, 0.1) is 13.2 Å². The summed E-state index contributed by atoms with van der Waals surface area (Å²) in [5.41, 5.74) is 0.0633. The second kappa shape index (κ2) is 8.79. The highest BCUT2D eigenvalue weighted by molar-refractivity contribution is 5.99. The molecule has 1 aliphatic rings. The van der Waals surface area contributed by atoms with Gasteiger partial charge >= 0.3 is 11.9 Å². The molecular formula is C15H25NO5. The van der Waals surface area contributed by atoms with Crippen LogP contribution in [0.2, 0.25) is 0 Å². The second-order valence-corrected chi connectivity index (χ2v) is 5.57. The Hall–Kier alpha value is -1.40. The van der Waals surface area contributed by atoms with Crippen LogP contribution in [0, 0.1) is 5.92 Å². The molecule has 0 saturated carbocycles. The van der Waals surface area contributed by atoms with Gasteiger partial charge in [-0.1, -0.05) is 13.8 Å². The Balaban J connectivity index is 2.53. The van der Waals surface area contributed by atoms with E-state index < -0.39 is 11.9 Å². The van der Waals surface area contributed by atoms with Crippen LogP contribution >= 0.6 is 0 Å². The largest absolute Gasteiger partial charge is 0.478 e. The molecule has 1 heterocycles. The summed E-state index contributed by atoms with van der Waals surface area (Å²) in [6, 6.07) is 0. The maximum absolute atomic E-state index is 11.3. The minimum Gasteiger partial charge on any atom is -0.478 e. The first-order valence-electron chi connectivity index (χ1n) is 7.43. The van der Waals surface area contributed by atoms with E-state index in [-0.39, 0.29) is 17.1 Å². The number of rotatable bonds is 8. The molecule has 0 aliphatic carbocycles. The maximum Gasteiger partial charge on any atom is 0.332 e. The zero-order valence-corrected chi connectivity index (χ0v) is 12.8. The van der Waals surface area contributed by atoms with Gasteiger partial charge in [0.1, 0.15) is 0 Å². The summed E-state index contributed by atoms with van der Waals surface area (Å²) in [6.07, 6.45) is 1.85. The average Bonchev–Trinajstić information content (AvgIpc) is 2.42. The van der Waals surface area contributed by atoms with Gasteiger partial charge in [-0.25, -0.2) is 9.59 Å². The highest BCUT2D eigenvalue weighted by Crippen LogP contribution is 2.20. The summed E-state index contributed by atoms with van der Waals surface area (Å²) >= 11 is 0. The van der Waals surface area contributed by atoms with Crippen LogP contribution in [0.5, 0.6) is 0 Å². The van der Waals surface area contributed by atoms with Crippen molar-refractivity contribution in [2.45, 2.75) is 33.1 Å². The van der Waals surface area contributed by atoms with Gasteiger partial charge in [0.2, 0.25) is 0 Å². The van der Waals surface area contributed by atoms with Crippen molar-refractivity contribution in [3.05, 3.63) is 11.1 Å². The third-order valence-electron chi connectivity index (χ3n) is 3.65. The SMILES string of the molecule is CC(C)C(C(=O)O)=C(CCCCN1CCOCC1)C(=O)O. The lowest BCUT2D eigenvalue weighted by atomic mass is 9.94. The van der Waals surface area contributed by atoms with Gasteiger partial charge < -0.3 is 14.9 Å². The van der Waals surface area contributed by atoms with E-state index >= 15 is 0 Å². The molecule has 21 heavy (non-hydrogen) atoms. The van der Waals surface area contributed by atoms with E-state index in [2.05, 4.69) is 4.90 Å². The Morgan fingerprint density at radius 1 is 1.10 bits per heavy atom. The third-order valence-corrected chi connectivity index (χ3v) is 3.65. The molecule has 0 spiro atoms. The molecule has 0 unspecified atom stereocenters. The monoisotopic (exact) mass is 299 g/mol. The van der Waals surface area contributed by atoms with Crippen molar-refractivity contribution >= 4 is 11.9 Å². The Bertz CT molecular complexity index is 397. The summed E-state index contributed by atoms with van der Waals surface area (Å²) < 4.78 is 5.27. The number of carboxylic acid groups (broad SMARTS) is 2. The summed E-state index contributed by atoms with van der Waals surface area (Å²) in [5, 5.41) is 18.4. The molecule has 0 aromatic carbocycles. The summed E-state index contributed by atoms with van der Waals surface area (Å²) in [6.45, 7) is 7.64. The fourth-order valence-electron chi connectivity index (χ4n) is 2.54. The van der Waals surface area contributed by atoms with Crippen molar-refractivity contribution in [1.82, 2.24) is 4.90 Å². The lowest BCUT2D eigenvalue weighted by Gasteiger charge is -2.26. The molecule has 0 aromatic heterocycles. The van der Waals surface area contributed by atoms with Crippen LogP contribution in [0.3, 0.4) is 0 Å². The highest BCUT2D eigenvalue weighted by Gasteiger charge is 2.22. The van der Waals surface area contributed by atoms with Gasteiger partial charge in [-0.3, -0.25) is 4.90 Å². The number of morpholine rings is 1. The first-order chi connectivity index (χ1) is 9.93. The summed E-state index contributed by atoms with van der Waals surface area (Å²) in [4.78, 5) is 24.8. The van der Waals surface area contributed by atoms with Crippen LogP contribution in [-0.2, 0) is 14.3 Å². The van der Waals surface area contributed by atoms with E-state index in [0.717, 1.165) is 39.3 Å². The number of hydrogen-bond acceptors (Lipinski definition) is 4. The molecule has 6 heteroatoms. The summed E-state index contributed by atoms with van der Waals surface area (Å²) in [7, 11) is 0. The number of unbranched alkanes of at least 4 members (excludes halogenated alkanes) is 1. The van der Waals surface area contributed by atoms with Gasteiger partial charge in [0.25, 0.3) is 0 Å². The van der Waals surface area contributed by atoms with E-state index in [1.54, 1.807) is 13.8 Å². The van der Waals surface area contributed by atoms with Crippen LogP contribution in [0.1, 0.15) is 33.1 Å². The molecule has 6 nitrogen and oxygen atoms in total. The van der Waals surface area contributed by atoms with Crippen LogP contribution in [0.15, 0.2) is 11.1 Å². The molecule has 2 N–H and O–H groups in total. The first-order valence-corrected chi connectivity index (χ1v) is 7.43. The fraction of sp³-hybridized carbons (Fsp3) is 0.733. The van der Waals surface area contributed by atoms with Gasteiger partial charge in [-0.05, 0) is 31.7 Å². The smallest absolute Gasteiger partial charge is 0.332 e. The summed E-state index contributed by atoms with van der Waals surface area (Å²) in [5.74, 6) is -2.55. The maximum atomic E-state index is 11.3. The van der Waals surface area contributed by atoms with Gasteiger partial charge in [0.15, 0.2) is 0 Å². The van der Waals surface area contributed by atoms with Gasteiger partial charge in [0, 0.05) is 24.2 Å². The zero-order valence-electron chi connectivity index (χ0n) is 12.8. The predicted octanol–water partition coefficient (Wildman–Crippen LogP) is 1.61. The standard InChI is InChI=1S/C15H25NO5/c1-11(2)13(15(19)20)12(14(17)18)5-3-4-6-16-7-9-21-10-8-16/h11H,3-10H2,1-2H3,(H,17,18)(H,19,20). The molecule has 1 saturated heterocycles. The van der Waals surface area contributed by atoms with Crippen LogP contribution in [-0.4, -0.2) is 59.9 Å². The van der Waals surface area contributed by atoms with Crippen molar-refractivity contribution in [2.75, 3.05) is 32.8 Å². The molecule has 0 atom stereocenters. The van der Waals surface area contributed by atoms with E-state index in [1.165, 1.54) is 0 Å². The number of ether oxygens (including phenoxy) is 1. The lowest BCUT2D eigenvalue weighted by molar-refractivity contribution is -0.136. The van der Waals surface area contributed by atoms with Crippen molar-refractivity contribution in [1.29, 1.82) is 0 Å². The van der Waals surface area contributed by atoms with E-state index in [0.29, 0.717) is 12.8 Å². The quantitative estimate of drug-likeness (QED) is 0.523. The number of carboxylic acids is 2. The van der Waals surface area contributed by atoms with Crippen LogP contribution in [0.25, 0.3) is 0 Å². The molecular weight excluding hydrogens is 274 g/mol. The number of carbonyl (C=O) groups is 2. The normalized spacial score (nSPS) is 17.7. The van der Waals surface area contributed by atoms with Gasteiger partial charge in [-0.15, -0.1) is 0 Å². The molecule has 120 valence electrons. The van der Waals surface area contributed by atoms with Crippen molar-refractivity contribution in [3.63, 3.8) is 0 Å². The van der Waals surface area contributed by atoms with Crippen molar-refractivity contribution in [2.24, 2.45) is 5.92 Å². The molecule has 0 aromatic rings. The van der Waals surface area contributed by atoms with Crippen molar-refractivity contribution < 1.29 is 24.5 Å². The minimum atomic E-state index is -1.13.